The van der Waals surface area contributed by atoms with Gasteiger partial charge in [0.2, 0.25) is 0 Å². The van der Waals surface area contributed by atoms with Gasteiger partial charge in [0.25, 0.3) is 11.8 Å². The van der Waals surface area contributed by atoms with Crippen molar-refractivity contribution < 1.29 is 34.2 Å². The second-order valence-electron chi connectivity index (χ2n) is 14.0. The predicted octanol–water partition coefficient (Wildman–Crippen LogP) is 6.02. The molecule has 8 rings (SSSR count). The third-order valence-corrected chi connectivity index (χ3v) is 10.5. The Labute approximate surface area is 319 Å². The molecule has 2 saturated heterocycles. The number of aromatic amines is 2. The molecule has 4 aromatic carbocycles. The fourth-order valence-corrected chi connectivity index (χ4v) is 7.90. The number of ketones is 1. The molecule has 6 N–H and O–H groups in total. The van der Waals surface area contributed by atoms with Crippen molar-refractivity contribution in [2.45, 2.75) is 49.9 Å². The van der Waals surface area contributed by atoms with Gasteiger partial charge in [0, 0.05) is 24.2 Å². The van der Waals surface area contributed by atoms with Gasteiger partial charge in [0.15, 0.2) is 5.78 Å². The fourth-order valence-electron chi connectivity index (χ4n) is 7.90. The molecule has 15 heteroatoms. The Morgan fingerprint density at radius 1 is 0.607 bits per heavy atom. The molecule has 0 unspecified atom stereocenters. The molecule has 284 valence electrons. The number of aromatic nitrogens is 4. The molecule has 0 radical (unpaired) electrons. The van der Waals surface area contributed by atoms with Crippen LogP contribution in [0.4, 0.5) is 9.59 Å². The van der Waals surface area contributed by atoms with E-state index in [0.717, 1.165) is 12.8 Å². The Hall–Kier alpha value is -7.03. The summed E-state index contributed by atoms with van der Waals surface area (Å²) >= 11 is 0. The van der Waals surface area contributed by atoms with Crippen LogP contribution in [0, 0.1) is 0 Å². The monoisotopic (exact) mass is 754 g/mol. The summed E-state index contributed by atoms with van der Waals surface area (Å²) in [6, 6.07) is 24.9. The van der Waals surface area contributed by atoms with Crippen LogP contribution in [0.5, 0.6) is 0 Å². The first-order valence-electron chi connectivity index (χ1n) is 18.4. The standard InChI is InChI=1S/C41H38N8O7/c50-35(25-15-17-27-29(21-25)44-36(42-27)31-13-7-19-48(31)38(51)33(46-40(53)54)23-9-3-1-4-10-23)26-16-18-28-30(22-26)45-37(43-28)32-14-8-20-49(32)39(52)34(47-41(55)56)24-11-5-2-6-12-24/h1-6,9-12,15-18,21-22,31-34,46-47H,7-8,13-14,19-20H2,(H,42,44)(H,43,45)(H,53,54)(H,55,56)/t31-,32-,33+,34+/m0/s1. The van der Waals surface area contributed by atoms with Gasteiger partial charge in [-0.25, -0.2) is 19.6 Å². The summed E-state index contributed by atoms with van der Waals surface area (Å²) in [6.07, 6.45) is 0.111. The van der Waals surface area contributed by atoms with Crippen LogP contribution in [0.3, 0.4) is 0 Å². The van der Waals surface area contributed by atoms with E-state index in [0.29, 0.717) is 81.9 Å². The van der Waals surface area contributed by atoms with E-state index < -0.39 is 36.4 Å². The molecular formula is C41H38N8O7. The van der Waals surface area contributed by atoms with Crippen LogP contribution in [0.2, 0.25) is 0 Å². The van der Waals surface area contributed by atoms with Crippen LogP contribution < -0.4 is 10.6 Å². The van der Waals surface area contributed by atoms with Crippen molar-refractivity contribution in [3.8, 4) is 0 Å². The summed E-state index contributed by atoms with van der Waals surface area (Å²) in [5.74, 6) is 0.143. The quantitative estimate of drug-likeness (QED) is 0.0902. The van der Waals surface area contributed by atoms with Crippen molar-refractivity contribution in [2.24, 2.45) is 0 Å². The summed E-state index contributed by atoms with van der Waals surface area (Å²) < 4.78 is 0. The number of nitrogens with zero attached hydrogens (tertiary/aromatic N) is 4. The number of carbonyl (C=O) groups excluding carboxylic acids is 3. The van der Waals surface area contributed by atoms with E-state index in [1.165, 1.54) is 0 Å². The SMILES string of the molecule is O=C(O)N[C@@H](C(=O)N1CCC[C@H]1c1nc2ccc(C(=O)c3ccc4nc([C@@H]5CCCN5C(=O)[C@H](NC(=O)O)c5ccccc5)[nH]c4c3)cc2[nH]1)c1ccccc1. The first-order chi connectivity index (χ1) is 27.1. The van der Waals surface area contributed by atoms with E-state index >= 15 is 0 Å². The molecule has 0 saturated carbocycles. The molecule has 4 heterocycles. The molecule has 56 heavy (non-hydrogen) atoms. The maximum absolute atomic E-state index is 13.9. The number of amides is 4. The third kappa shape index (κ3) is 7.01. The van der Waals surface area contributed by atoms with Gasteiger partial charge in [-0.15, -0.1) is 0 Å². The molecule has 0 spiro atoms. The van der Waals surface area contributed by atoms with Crippen LogP contribution in [0.1, 0.15) is 88.5 Å². The van der Waals surface area contributed by atoms with Gasteiger partial charge in [-0.2, -0.15) is 0 Å². The summed E-state index contributed by atoms with van der Waals surface area (Å²) in [7, 11) is 0. The zero-order valence-corrected chi connectivity index (χ0v) is 30.0. The Morgan fingerprint density at radius 2 is 1.02 bits per heavy atom. The maximum atomic E-state index is 13.9. The molecule has 2 fully saturated rings. The minimum atomic E-state index is -1.30. The molecule has 4 atom stereocenters. The lowest BCUT2D eigenvalue weighted by Crippen LogP contribution is -2.42. The van der Waals surface area contributed by atoms with Crippen molar-refractivity contribution >= 4 is 51.9 Å². The average molecular weight is 755 g/mol. The van der Waals surface area contributed by atoms with E-state index in [1.807, 2.05) is 0 Å². The highest BCUT2D eigenvalue weighted by Gasteiger charge is 2.38. The highest BCUT2D eigenvalue weighted by molar-refractivity contribution is 6.11. The lowest BCUT2D eigenvalue weighted by Gasteiger charge is -2.28. The van der Waals surface area contributed by atoms with Crippen molar-refractivity contribution in [3.05, 3.63) is 131 Å². The largest absolute Gasteiger partial charge is 0.465 e. The summed E-state index contributed by atoms with van der Waals surface area (Å²) in [6.45, 7) is 0.885. The number of hydrogen-bond donors (Lipinski definition) is 6. The van der Waals surface area contributed by atoms with E-state index in [9.17, 15) is 34.2 Å². The number of likely N-dealkylation sites (tertiary alicyclic amines) is 2. The lowest BCUT2D eigenvalue weighted by molar-refractivity contribution is -0.135. The smallest absolute Gasteiger partial charge is 0.405 e. The molecule has 2 aromatic heterocycles. The summed E-state index contributed by atoms with van der Waals surface area (Å²) in [4.78, 5) is 84.2. The fraction of sp³-hybridized carbons (Fsp3) is 0.244. The van der Waals surface area contributed by atoms with Crippen LogP contribution in [-0.2, 0) is 9.59 Å². The average Bonchev–Trinajstić information content (AvgIpc) is 4.03. The minimum Gasteiger partial charge on any atom is -0.465 e. The Kier molecular flexibility index (Phi) is 9.64. The lowest BCUT2D eigenvalue weighted by atomic mass is 10.0. The number of hydrogen-bond acceptors (Lipinski definition) is 7. The molecule has 6 aromatic rings. The summed E-state index contributed by atoms with van der Waals surface area (Å²) in [5.41, 5.74) is 4.42. The van der Waals surface area contributed by atoms with Crippen LogP contribution in [0.25, 0.3) is 22.1 Å². The van der Waals surface area contributed by atoms with Gasteiger partial charge in [-0.3, -0.25) is 14.4 Å². The predicted molar refractivity (Wildman–Crippen MR) is 204 cm³/mol. The zero-order chi connectivity index (χ0) is 38.9. The first kappa shape index (κ1) is 36.0. The Morgan fingerprint density at radius 3 is 1.41 bits per heavy atom. The normalized spacial score (nSPS) is 17.9. The summed E-state index contributed by atoms with van der Waals surface area (Å²) in [5, 5.41) is 23.7. The van der Waals surface area contributed by atoms with Crippen molar-refractivity contribution in [1.29, 1.82) is 0 Å². The van der Waals surface area contributed by atoms with E-state index in [1.54, 1.807) is 107 Å². The first-order valence-corrected chi connectivity index (χ1v) is 18.4. The van der Waals surface area contributed by atoms with E-state index in [4.69, 9.17) is 9.97 Å². The third-order valence-electron chi connectivity index (χ3n) is 10.5. The molecule has 4 amide bonds. The molecule has 2 aliphatic heterocycles. The number of benzene rings is 4. The highest BCUT2D eigenvalue weighted by atomic mass is 16.4. The van der Waals surface area contributed by atoms with Gasteiger partial charge in [-0.1, -0.05) is 60.7 Å². The zero-order valence-electron chi connectivity index (χ0n) is 30.0. The maximum Gasteiger partial charge on any atom is 0.405 e. The van der Waals surface area contributed by atoms with Gasteiger partial charge in [-0.05, 0) is 73.2 Å². The van der Waals surface area contributed by atoms with Crippen molar-refractivity contribution in [3.63, 3.8) is 0 Å². The van der Waals surface area contributed by atoms with Gasteiger partial charge in [0.05, 0.1) is 34.2 Å². The van der Waals surface area contributed by atoms with E-state index in [2.05, 4.69) is 20.6 Å². The number of H-pyrrole nitrogens is 2. The Balaban J connectivity index is 1.01. The molecule has 15 nitrogen and oxygen atoms in total. The molecular weight excluding hydrogens is 716 g/mol. The molecule has 0 aliphatic carbocycles. The molecule has 0 bridgehead atoms. The van der Waals surface area contributed by atoms with Gasteiger partial charge >= 0.3 is 12.2 Å². The van der Waals surface area contributed by atoms with Crippen molar-refractivity contribution in [2.75, 3.05) is 13.1 Å². The number of rotatable bonds is 10. The number of carboxylic acid groups (broad SMARTS) is 2. The van der Waals surface area contributed by atoms with Crippen molar-refractivity contribution in [1.82, 2.24) is 40.4 Å². The number of fused-ring (bicyclic) bond motifs is 2. The number of imidazole rings is 2. The second kappa shape index (κ2) is 15.0. The second-order valence-corrected chi connectivity index (χ2v) is 14.0. The number of nitrogens with one attached hydrogen (secondary N) is 4. The van der Waals surface area contributed by atoms with Crippen LogP contribution in [0.15, 0.2) is 97.1 Å². The Bertz CT molecular complexity index is 2300. The van der Waals surface area contributed by atoms with Gasteiger partial charge in [0.1, 0.15) is 23.7 Å². The number of carbonyl (C=O) groups is 5. The molecule has 2 aliphatic rings. The highest BCUT2D eigenvalue weighted by Crippen LogP contribution is 2.36. The van der Waals surface area contributed by atoms with Gasteiger partial charge < -0.3 is 40.6 Å². The van der Waals surface area contributed by atoms with Crippen LogP contribution in [-0.4, -0.2) is 82.8 Å². The van der Waals surface area contributed by atoms with E-state index in [-0.39, 0.29) is 17.6 Å². The van der Waals surface area contributed by atoms with Crippen LogP contribution >= 0.6 is 0 Å². The topological polar surface area (TPSA) is 214 Å². The minimum absolute atomic E-state index is 0.229.